The van der Waals surface area contributed by atoms with Gasteiger partial charge >= 0.3 is 6.36 Å². The van der Waals surface area contributed by atoms with Crippen molar-refractivity contribution in [2.24, 2.45) is 5.73 Å². The van der Waals surface area contributed by atoms with E-state index in [0.29, 0.717) is 0 Å². The van der Waals surface area contributed by atoms with Crippen molar-refractivity contribution in [2.45, 2.75) is 25.0 Å². The predicted molar refractivity (Wildman–Crippen MR) is 57.8 cm³/mol. The average molecular weight is 265 g/mol. The highest BCUT2D eigenvalue weighted by Gasteiger charge is 2.33. The van der Waals surface area contributed by atoms with Crippen molar-refractivity contribution < 1.29 is 28.1 Å². The molecule has 0 heterocycles. The van der Waals surface area contributed by atoms with Gasteiger partial charge in [-0.15, -0.1) is 13.2 Å². The zero-order chi connectivity index (χ0) is 13.8. The molecule has 0 fully saturated rings. The number of aliphatic hydroxyl groups is 2. The van der Waals surface area contributed by atoms with E-state index in [1.165, 1.54) is 18.2 Å². The number of para-hydroxylation sites is 1. The Hall–Kier alpha value is -1.31. The summed E-state index contributed by atoms with van der Waals surface area (Å²) in [6, 6.07) is 5.11. The maximum Gasteiger partial charge on any atom is 0.573 e. The van der Waals surface area contributed by atoms with Crippen LogP contribution in [0.1, 0.15) is 18.1 Å². The Balaban J connectivity index is 2.94. The molecule has 0 aromatic heterocycles. The Kier molecular flexibility index (Phi) is 4.94. The smallest absolute Gasteiger partial charge is 0.405 e. The summed E-state index contributed by atoms with van der Waals surface area (Å²) in [7, 11) is 0. The molecule has 0 saturated heterocycles. The van der Waals surface area contributed by atoms with Crippen LogP contribution in [0, 0.1) is 0 Å². The first-order chi connectivity index (χ1) is 8.35. The Morgan fingerprint density at radius 3 is 2.39 bits per heavy atom. The fourth-order valence-corrected chi connectivity index (χ4v) is 1.48. The standard InChI is InChI=1S/C11H14F3NO3/c12-11(13,14)18-9-4-2-1-3-7(9)10(17)8(16)5-6-15/h1-4,8,10,16-17H,5-6,15H2. The molecular formula is C11H14F3NO3. The van der Waals surface area contributed by atoms with Crippen molar-refractivity contribution in [3.05, 3.63) is 29.8 Å². The average Bonchev–Trinajstić information content (AvgIpc) is 2.27. The quantitative estimate of drug-likeness (QED) is 0.750. The number of alkyl halides is 3. The van der Waals surface area contributed by atoms with Crippen LogP contribution >= 0.6 is 0 Å². The summed E-state index contributed by atoms with van der Waals surface area (Å²) in [6.07, 6.45) is -7.50. The third-order valence-corrected chi connectivity index (χ3v) is 2.29. The molecule has 2 unspecified atom stereocenters. The first-order valence-electron chi connectivity index (χ1n) is 5.26. The van der Waals surface area contributed by atoms with Crippen molar-refractivity contribution >= 4 is 0 Å². The number of aliphatic hydroxyl groups excluding tert-OH is 2. The van der Waals surface area contributed by atoms with E-state index in [1.807, 2.05) is 0 Å². The molecule has 0 spiro atoms. The lowest BCUT2D eigenvalue weighted by Gasteiger charge is -2.20. The summed E-state index contributed by atoms with van der Waals surface area (Å²) in [5, 5.41) is 19.3. The predicted octanol–water partition coefficient (Wildman–Crippen LogP) is 1.33. The fourth-order valence-electron chi connectivity index (χ4n) is 1.48. The van der Waals surface area contributed by atoms with E-state index in [-0.39, 0.29) is 18.5 Å². The van der Waals surface area contributed by atoms with Gasteiger partial charge in [-0.2, -0.15) is 0 Å². The Morgan fingerprint density at radius 2 is 1.83 bits per heavy atom. The molecule has 0 aliphatic rings. The van der Waals surface area contributed by atoms with Gasteiger partial charge in [0.05, 0.1) is 6.10 Å². The van der Waals surface area contributed by atoms with E-state index in [2.05, 4.69) is 4.74 Å². The summed E-state index contributed by atoms with van der Waals surface area (Å²) < 4.78 is 40.2. The van der Waals surface area contributed by atoms with Crippen LogP contribution in [0.25, 0.3) is 0 Å². The zero-order valence-corrected chi connectivity index (χ0v) is 9.39. The van der Waals surface area contributed by atoms with E-state index in [9.17, 15) is 23.4 Å². The Morgan fingerprint density at radius 1 is 1.22 bits per heavy atom. The number of benzene rings is 1. The van der Waals surface area contributed by atoms with Gasteiger partial charge in [-0.1, -0.05) is 18.2 Å². The second kappa shape index (κ2) is 6.03. The van der Waals surface area contributed by atoms with Crippen molar-refractivity contribution in [3.8, 4) is 5.75 Å². The fraction of sp³-hybridized carbons (Fsp3) is 0.455. The van der Waals surface area contributed by atoms with Gasteiger partial charge in [-0.05, 0) is 19.0 Å². The molecule has 4 N–H and O–H groups in total. The summed E-state index contributed by atoms with van der Waals surface area (Å²) in [5.41, 5.74) is 5.07. The molecule has 0 saturated carbocycles. The van der Waals surface area contributed by atoms with Gasteiger partial charge in [-0.25, -0.2) is 0 Å². The van der Waals surface area contributed by atoms with E-state index in [1.54, 1.807) is 0 Å². The van der Waals surface area contributed by atoms with Crippen LogP contribution in [0.2, 0.25) is 0 Å². The SMILES string of the molecule is NCCC(O)C(O)c1ccccc1OC(F)(F)F. The molecule has 0 radical (unpaired) electrons. The van der Waals surface area contributed by atoms with Gasteiger partial charge < -0.3 is 20.7 Å². The second-order valence-electron chi connectivity index (χ2n) is 3.68. The minimum absolute atomic E-state index is 0.0710. The van der Waals surface area contributed by atoms with E-state index < -0.39 is 24.3 Å². The number of rotatable bonds is 5. The van der Waals surface area contributed by atoms with Gasteiger partial charge in [0.1, 0.15) is 11.9 Å². The van der Waals surface area contributed by atoms with Gasteiger partial charge in [0.2, 0.25) is 0 Å². The third-order valence-electron chi connectivity index (χ3n) is 2.29. The molecule has 1 aromatic rings. The molecule has 102 valence electrons. The Bertz CT molecular complexity index is 384. The number of ether oxygens (including phenoxy) is 1. The van der Waals surface area contributed by atoms with Crippen molar-refractivity contribution in [1.29, 1.82) is 0 Å². The summed E-state index contributed by atoms with van der Waals surface area (Å²) in [4.78, 5) is 0. The largest absolute Gasteiger partial charge is 0.573 e. The lowest BCUT2D eigenvalue weighted by molar-refractivity contribution is -0.275. The van der Waals surface area contributed by atoms with Crippen LogP contribution in [0.3, 0.4) is 0 Å². The number of nitrogens with two attached hydrogens (primary N) is 1. The highest BCUT2D eigenvalue weighted by Crippen LogP contribution is 2.32. The number of halogens is 3. The van der Waals surface area contributed by atoms with Crippen molar-refractivity contribution in [1.82, 2.24) is 0 Å². The molecule has 0 aliphatic heterocycles. The summed E-state index contributed by atoms with van der Waals surface area (Å²) in [5.74, 6) is -0.534. The van der Waals surface area contributed by atoms with Crippen LogP contribution < -0.4 is 10.5 Å². The molecule has 7 heteroatoms. The molecule has 4 nitrogen and oxygen atoms in total. The summed E-state index contributed by atoms with van der Waals surface area (Å²) in [6.45, 7) is 0.112. The highest BCUT2D eigenvalue weighted by molar-refractivity contribution is 5.35. The van der Waals surface area contributed by atoms with Gasteiger partial charge in [0.25, 0.3) is 0 Å². The van der Waals surface area contributed by atoms with E-state index in [0.717, 1.165) is 6.07 Å². The molecule has 1 aromatic carbocycles. The molecule has 0 amide bonds. The number of hydrogen-bond acceptors (Lipinski definition) is 4. The first-order valence-corrected chi connectivity index (χ1v) is 5.26. The maximum atomic E-state index is 12.1. The molecule has 2 atom stereocenters. The van der Waals surface area contributed by atoms with E-state index >= 15 is 0 Å². The van der Waals surface area contributed by atoms with Crippen LogP contribution in [0.15, 0.2) is 24.3 Å². The molecule has 0 bridgehead atoms. The van der Waals surface area contributed by atoms with Crippen LogP contribution in [-0.2, 0) is 0 Å². The van der Waals surface area contributed by atoms with Gasteiger partial charge in [0.15, 0.2) is 0 Å². The molecule has 18 heavy (non-hydrogen) atoms. The minimum atomic E-state index is -4.85. The van der Waals surface area contributed by atoms with Crippen molar-refractivity contribution in [2.75, 3.05) is 6.54 Å². The lowest BCUT2D eigenvalue weighted by Crippen LogP contribution is -2.24. The van der Waals surface area contributed by atoms with Crippen LogP contribution in [-0.4, -0.2) is 29.2 Å². The molecule has 0 aliphatic carbocycles. The minimum Gasteiger partial charge on any atom is -0.405 e. The van der Waals surface area contributed by atoms with Crippen LogP contribution in [0.5, 0.6) is 5.75 Å². The highest BCUT2D eigenvalue weighted by atomic mass is 19.4. The van der Waals surface area contributed by atoms with Crippen LogP contribution in [0.4, 0.5) is 13.2 Å². The van der Waals surface area contributed by atoms with Gasteiger partial charge in [0, 0.05) is 5.56 Å². The summed E-state index contributed by atoms with van der Waals surface area (Å²) >= 11 is 0. The maximum absolute atomic E-state index is 12.1. The molecule has 1 rings (SSSR count). The monoisotopic (exact) mass is 265 g/mol. The topological polar surface area (TPSA) is 75.7 Å². The lowest BCUT2D eigenvalue weighted by atomic mass is 10.0. The van der Waals surface area contributed by atoms with E-state index in [4.69, 9.17) is 5.73 Å². The third kappa shape index (κ3) is 4.17. The zero-order valence-electron chi connectivity index (χ0n) is 9.39. The Labute approximate surface area is 102 Å². The normalized spacial score (nSPS) is 15.2. The first kappa shape index (κ1) is 14.7. The van der Waals surface area contributed by atoms with Crippen molar-refractivity contribution in [3.63, 3.8) is 0 Å². The second-order valence-corrected chi connectivity index (χ2v) is 3.68. The van der Waals surface area contributed by atoms with Gasteiger partial charge in [-0.3, -0.25) is 0 Å². The number of hydrogen-bond donors (Lipinski definition) is 3. The molecular weight excluding hydrogens is 251 g/mol.